The summed E-state index contributed by atoms with van der Waals surface area (Å²) in [5.41, 5.74) is 0.253. The zero-order valence-electron chi connectivity index (χ0n) is 10.8. The number of benzene rings is 1. The fourth-order valence-electron chi connectivity index (χ4n) is 2.01. The Kier molecular flexibility index (Phi) is 3.51. The molecule has 0 bridgehead atoms. The largest absolute Gasteiger partial charge is 0.269 e. The monoisotopic (exact) mass is 385 g/mol. The zero-order chi connectivity index (χ0) is 15.2. The highest BCUT2D eigenvalue weighted by atomic mass is 79.9. The van der Waals surface area contributed by atoms with E-state index in [9.17, 15) is 8.42 Å². The summed E-state index contributed by atoms with van der Waals surface area (Å²) >= 11 is 9.40. The Bertz CT molecular complexity index is 939. The van der Waals surface area contributed by atoms with E-state index >= 15 is 0 Å². The number of rotatable bonds is 2. The van der Waals surface area contributed by atoms with Gasteiger partial charge in [-0.1, -0.05) is 29.8 Å². The smallest absolute Gasteiger partial charge is 0.223 e. The average Bonchev–Trinajstić information content (AvgIpc) is 2.77. The highest BCUT2D eigenvalue weighted by molar-refractivity contribution is 9.10. The lowest BCUT2D eigenvalue weighted by atomic mass is 10.4. The molecule has 0 saturated heterocycles. The van der Waals surface area contributed by atoms with E-state index in [4.69, 9.17) is 11.6 Å². The lowest BCUT2D eigenvalue weighted by molar-refractivity contribution is 0.588. The Morgan fingerprint density at radius 1 is 1.19 bits per heavy atom. The van der Waals surface area contributed by atoms with E-state index in [1.807, 2.05) is 0 Å². The van der Waals surface area contributed by atoms with Crippen molar-refractivity contribution in [2.45, 2.75) is 11.8 Å². The summed E-state index contributed by atoms with van der Waals surface area (Å²) in [4.78, 5) is 8.44. The molecule has 0 aliphatic heterocycles. The van der Waals surface area contributed by atoms with Crippen LogP contribution in [0.5, 0.6) is 0 Å². The highest BCUT2D eigenvalue weighted by Crippen LogP contribution is 2.32. The van der Waals surface area contributed by atoms with Crippen LogP contribution in [-0.4, -0.2) is 22.4 Å². The Hall–Kier alpha value is -1.44. The van der Waals surface area contributed by atoms with Gasteiger partial charge in [0.2, 0.25) is 0 Å². The number of nitrogens with zero attached hydrogens (tertiary/aromatic N) is 3. The van der Waals surface area contributed by atoms with E-state index in [1.165, 1.54) is 18.3 Å². The minimum atomic E-state index is -3.74. The summed E-state index contributed by atoms with van der Waals surface area (Å²) in [5, 5.41) is 0.688. The van der Waals surface area contributed by atoms with Gasteiger partial charge in [0.15, 0.2) is 5.65 Å². The molecular weight excluding hydrogens is 378 g/mol. The van der Waals surface area contributed by atoms with E-state index in [-0.39, 0.29) is 15.7 Å². The number of hydrogen-bond acceptors (Lipinski definition) is 4. The molecule has 1 aromatic carbocycles. The first kappa shape index (κ1) is 14.5. The van der Waals surface area contributed by atoms with Crippen molar-refractivity contribution in [3.8, 4) is 0 Å². The van der Waals surface area contributed by atoms with Crippen LogP contribution in [0.4, 0.5) is 0 Å². The van der Waals surface area contributed by atoms with Gasteiger partial charge in [0, 0.05) is 10.7 Å². The minimum absolute atomic E-state index is 0.182. The van der Waals surface area contributed by atoms with Crippen LogP contribution in [0.25, 0.3) is 11.0 Å². The molecular formula is C13H9BrClN3O2S. The van der Waals surface area contributed by atoms with Crippen molar-refractivity contribution < 1.29 is 8.42 Å². The lowest BCUT2D eigenvalue weighted by Crippen LogP contribution is -2.12. The number of fused-ring (bicyclic) bond motifs is 1. The standard InChI is InChI=1S/C13H9BrClN3O2S/c1-8-16-12(15)11-10(14)7-18(13(11)17-8)21(19,20)9-5-3-2-4-6-9/h2-7H,1H3. The van der Waals surface area contributed by atoms with Crippen molar-refractivity contribution in [2.75, 3.05) is 0 Å². The fraction of sp³-hybridized carbons (Fsp3) is 0.0769. The Morgan fingerprint density at radius 3 is 2.52 bits per heavy atom. The molecule has 5 nitrogen and oxygen atoms in total. The van der Waals surface area contributed by atoms with Crippen LogP contribution in [0.15, 0.2) is 45.9 Å². The van der Waals surface area contributed by atoms with Crippen molar-refractivity contribution in [3.05, 3.63) is 52.0 Å². The molecule has 0 atom stereocenters. The SMILES string of the molecule is Cc1nc(Cl)c2c(Br)cn(S(=O)(=O)c3ccccc3)c2n1. The molecule has 0 radical (unpaired) electrons. The molecule has 0 spiro atoms. The van der Waals surface area contributed by atoms with E-state index in [1.54, 1.807) is 25.1 Å². The Labute approximate surface area is 134 Å². The fourth-order valence-corrected chi connectivity index (χ4v) is 4.47. The van der Waals surface area contributed by atoms with Crippen molar-refractivity contribution in [1.82, 2.24) is 13.9 Å². The molecule has 0 unspecified atom stereocenters. The van der Waals surface area contributed by atoms with Crippen molar-refractivity contribution >= 4 is 48.6 Å². The van der Waals surface area contributed by atoms with Gasteiger partial charge >= 0.3 is 0 Å². The third-order valence-electron chi connectivity index (χ3n) is 2.94. The van der Waals surface area contributed by atoms with Crippen LogP contribution in [0.3, 0.4) is 0 Å². The molecule has 8 heteroatoms. The predicted octanol–water partition coefficient (Wildman–Crippen LogP) is 3.39. The first-order valence-electron chi connectivity index (χ1n) is 5.92. The Balaban J connectivity index is 2.37. The maximum Gasteiger partial charge on any atom is 0.269 e. The molecule has 0 N–H and O–H groups in total. The van der Waals surface area contributed by atoms with Crippen LogP contribution in [0.1, 0.15) is 5.82 Å². The summed E-state index contributed by atoms with van der Waals surface area (Å²) in [6.07, 6.45) is 1.44. The number of halogens is 2. The van der Waals surface area contributed by atoms with Gasteiger partial charge in [-0.05, 0) is 35.0 Å². The molecule has 0 aliphatic carbocycles. The lowest BCUT2D eigenvalue weighted by Gasteiger charge is -2.07. The van der Waals surface area contributed by atoms with Gasteiger partial charge in [-0.3, -0.25) is 0 Å². The van der Waals surface area contributed by atoms with Crippen LogP contribution in [0, 0.1) is 6.92 Å². The van der Waals surface area contributed by atoms with Gasteiger partial charge in [0.25, 0.3) is 10.0 Å². The maximum absolute atomic E-state index is 12.7. The normalized spacial score (nSPS) is 12.0. The summed E-state index contributed by atoms with van der Waals surface area (Å²) in [6.45, 7) is 1.66. The number of hydrogen-bond donors (Lipinski definition) is 0. The molecule has 2 heterocycles. The van der Waals surface area contributed by atoms with E-state index in [2.05, 4.69) is 25.9 Å². The number of aromatic nitrogens is 3. The maximum atomic E-state index is 12.7. The molecule has 3 rings (SSSR count). The summed E-state index contributed by atoms with van der Waals surface area (Å²) in [6, 6.07) is 8.16. The second-order valence-electron chi connectivity index (χ2n) is 4.35. The predicted molar refractivity (Wildman–Crippen MR) is 84.0 cm³/mol. The van der Waals surface area contributed by atoms with Gasteiger partial charge in [-0.25, -0.2) is 22.4 Å². The second kappa shape index (κ2) is 5.08. The minimum Gasteiger partial charge on any atom is -0.223 e. The van der Waals surface area contributed by atoms with Crippen LogP contribution in [-0.2, 0) is 10.0 Å². The third-order valence-corrected chi connectivity index (χ3v) is 5.47. The van der Waals surface area contributed by atoms with Gasteiger partial charge in [0.1, 0.15) is 11.0 Å². The quantitative estimate of drug-likeness (QED) is 0.633. The molecule has 21 heavy (non-hydrogen) atoms. The summed E-state index contributed by atoms with van der Waals surface area (Å²) < 4.78 is 27.1. The van der Waals surface area contributed by atoms with Crippen molar-refractivity contribution in [2.24, 2.45) is 0 Å². The average molecular weight is 387 g/mol. The molecule has 0 aliphatic rings. The summed E-state index contributed by atoms with van der Waals surface area (Å²) in [5.74, 6) is 0.405. The van der Waals surface area contributed by atoms with Crippen LogP contribution < -0.4 is 0 Å². The molecule has 0 saturated carbocycles. The van der Waals surface area contributed by atoms with Gasteiger partial charge in [0.05, 0.1) is 10.3 Å². The number of aryl methyl sites for hydroxylation is 1. The molecule has 2 aromatic heterocycles. The van der Waals surface area contributed by atoms with E-state index < -0.39 is 10.0 Å². The first-order valence-corrected chi connectivity index (χ1v) is 8.53. The Morgan fingerprint density at radius 2 is 1.86 bits per heavy atom. The van der Waals surface area contributed by atoms with Gasteiger partial charge in [-0.2, -0.15) is 0 Å². The molecule has 108 valence electrons. The molecule has 3 aromatic rings. The zero-order valence-corrected chi connectivity index (χ0v) is 13.9. The van der Waals surface area contributed by atoms with Crippen LogP contribution in [0.2, 0.25) is 5.15 Å². The highest BCUT2D eigenvalue weighted by Gasteiger charge is 2.23. The summed E-state index contributed by atoms with van der Waals surface area (Å²) in [7, 11) is -3.74. The third kappa shape index (κ3) is 2.35. The molecule has 0 amide bonds. The first-order chi connectivity index (χ1) is 9.91. The molecule has 0 fully saturated rings. The topological polar surface area (TPSA) is 64.8 Å². The second-order valence-corrected chi connectivity index (χ2v) is 7.38. The van der Waals surface area contributed by atoms with Gasteiger partial charge in [-0.15, -0.1) is 0 Å². The van der Waals surface area contributed by atoms with Crippen molar-refractivity contribution in [3.63, 3.8) is 0 Å². The van der Waals surface area contributed by atoms with Gasteiger partial charge < -0.3 is 0 Å². The van der Waals surface area contributed by atoms with E-state index in [0.717, 1.165) is 3.97 Å². The van der Waals surface area contributed by atoms with E-state index in [0.29, 0.717) is 15.7 Å². The van der Waals surface area contributed by atoms with Crippen molar-refractivity contribution in [1.29, 1.82) is 0 Å². The van der Waals surface area contributed by atoms with Crippen LogP contribution >= 0.6 is 27.5 Å².